The zero-order chi connectivity index (χ0) is 15.8. The van der Waals surface area contributed by atoms with Crippen LogP contribution in [0.4, 0.5) is 0 Å². The molecule has 1 unspecified atom stereocenters. The van der Waals surface area contributed by atoms with E-state index in [-0.39, 0.29) is 6.04 Å². The van der Waals surface area contributed by atoms with Gasteiger partial charge in [0.05, 0.1) is 12.6 Å². The molecule has 1 aromatic rings. The highest BCUT2D eigenvalue weighted by Crippen LogP contribution is 2.25. The summed E-state index contributed by atoms with van der Waals surface area (Å²) in [5.41, 5.74) is 0. The van der Waals surface area contributed by atoms with Gasteiger partial charge in [-0.25, -0.2) is 0 Å². The highest BCUT2D eigenvalue weighted by molar-refractivity contribution is 5.79. The van der Waals surface area contributed by atoms with Gasteiger partial charge in [-0.15, -0.1) is 0 Å². The van der Waals surface area contributed by atoms with E-state index >= 15 is 0 Å². The summed E-state index contributed by atoms with van der Waals surface area (Å²) in [7, 11) is 3.48. The second-order valence-corrected chi connectivity index (χ2v) is 5.58. The van der Waals surface area contributed by atoms with E-state index in [1.807, 2.05) is 13.0 Å². The average molecular weight is 308 g/mol. The van der Waals surface area contributed by atoms with Gasteiger partial charge in [0.2, 0.25) is 0 Å². The Labute approximate surface area is 132 Å². The van der Waals surface area contributed by atoms with Gasteiger partial charge in [0.25, 0.3) is 0 Å². The number of likely N-dealkylation sites (tertiary alicyclic amines) is 1. The monoisotopic (exact) mass is 308 g/mol. The lowest BCUT2D eigenvalue weighted by Crippen LogP contribution is -2.43. The number of hydrogen-bond donors (Lipinski definition) is 2. The number of nitrogens with zero attached hydrogens (tertiary/aromatic N) is 2. The number of aryl methyl sites for hydroxylation is 1. The van der Waals surface area contributed by atoms with Crippen LogP contribution in [0.2, 0.25) is 0 Å². The number of rotatable bonds is 7. The Morgan fingerprint density at radius 3 is 2.73 bits per heavy atom. The van der Waals surface area contributed by atoms with E-state index in [0.29, 0.717) is 6.61 Å². The van der Waals surface area contributed by atoms with Gasteiger partial charge in [-0.05, 0) is 45.0 Å². The number of furan rings is 1. The Morgan fingerprint density at radius 2 is 2.14 bits per heavy atom. The molecule has 0 bridgehead atoms. The van der Waals surface area contributed by atoms with Crippen LogP contribution in [0.5, 0.6) is 0 Å². The van der Waals surface area contributed by atoms with Gasteiger partial charge >= 0.3 is 0 Å². The smallest absolute Gasteiger partial charge is 0.191 e. The lowest BCUT2D eigenvalue weighted by molar-refractivity contribution is 0.202. The predicted octanol–water partition coefficient (Wildman–Crippen LogP) is 1.54. The summed E-state index contributed by atoms with van der Waals surface area (Å²) >= 11 is 0. The highest BCUT2D eigenvalue weighted by Gasteiger charge is 2.26. The Morgan fingerprint density at radius 1 is 1.36 bits per heavy atom. The van der Waals surface area contributed by atoms with E-state index in [2.05, 4.69) is 26.6 Å². The first-order valence-electron chi connectivity index (χ1n) is 7.98. The third-order valence-corrected chi connectivity index (χ3v) is 3.96. The molecular weight excluding hydrogens is 280 g/mol. The molecule has 0 amide bonds. The summed E-state index contributed by atoms with van der Waals surface area (Å²) in [5.74, 6) is 2.78. The Balaban J connectivity index is 1.94. The molecule has 1 saturated heterocycles. The molecule has 1 fully saturated rings. The highest BCUT2D eigenvalue weighted by atomic mass is 16.5. The van der Waals surface area contributed by atoms with Crippen LogP contribution >= 0.6 is 0 Å². The van der Waals surface area contributed by atoms with Crippen LogP contribution < -0.4 is 10.6 Å². The molecular formula is C16H28N4O2. The summed E-state index contributed by atoms with van der Waals surface area (Å²) in [6.07, 6.45) is 2.52. The second kappa shape index (κ2) is 8.80. The van der Waals surface area contributed by atoms with E-state index in [1.54, 1.807) is 14.2 Å². The third-order valence-electron chi connectivity index (χ3n) is 3.96. The van der Waals surface area contributed by atoms with Crippen molar-refractivity contribution in [2.24, 2.45) is 4.99 Å². The zero-order valence-corrected chi connectivity index (χ0v) is 13.9. The molecule has 22 heavy (non-hydrogen) atoms. The summed E-state index contributed by atoms with van der Waals surface area (Å²) in [6.45, 7) is 6.42. The van der Waals surface area contributed by atoms with Crippen LogP contribution in [0.15, 0.2) is 21.5 Å². The minimum atomic E-state index is 0.247. The number of nitrogens with one attached hydrogen (secondary N) is 2. The van der Waals surface area contributed by atoms with E-state index in [1.165, 1.54) is 12.8 Å². The molecule has 1 atom stereocenters. The average Bonchev–Trinajstić information content (AvgIpc) is 3.18. The number of guanidine groups is 1. The van der Waals surface area contributed by atoms with Gasteiger partial charge < -0.3 is 19.8 Å². The molecule has 0 aromatic carbocycles. The fraction of sp³-hybridized carbons (Fsp3) is 0.688. The topological polar surface area (TPSA) is 62.0 Å². The van der Waals surface area contributed by atoms with Crippen LogP contribution in [0, 0.1) is 6.92 Å². The predicted molar refractivity (Wildman–Crippen MR) is 88.2 cm³/mol. The lowest BCUT2D eigenvalue weighted by atomic mass is 10.2. The van der Waals surface area contributed by atoms with Crippen molar-refractivity contribution in [1.82, 2.24) is 15.5 Å². The maximum atomic E-state index is 5.86. The zero-order valence-electron chi connectivity index (χ0n) is 13.9. The Kier molecular flexibility index (Phi) is 6.74. The molecule has 2 rings (SSSR count). The fourth-order valence-corrected chi connectivity index (χ4v) is 2.78. The largest absolute Gasteiger partial charge is 0.465 e. The standard InChI is InChI=1S/C16H28N4O2/c1-13-6-7-15(22-13)14(20-9-4-5-10-20)12-19-16(17-2)18-8-11-21-3/h6-7,14H,4-5,8-12H2,1-3H3,(H2,17,18,19). The van der Waals surface area contributed by atoms with Crippen molar-refractivity contribution in [3.05, 3.63) is 23.7 Å². The molecule has 0 spiro atoms. The molecule has 124 valence electrons. The summed E-state index contributed by atoms with van der Waals surface area (Å²) in [6, 6.07) is 4.36. The van der Waals surface area contributed by atoms with Gasteiger partial charge in [0, 0.05) is 27.2 Å². The normalized spacial score (nSPS) is 17.7. The van der Waals surface area contributed by atoms with E-state index in [4.69, 9.17) is 9.15 Å². The number of hydrogen-bond acceptors (Lipinski definition) is 4. The maximum Gasteiger partial charge on any atom is 0.191 e. The third kappa shape index (κ3) is 4.74. The van der Waals surface area contributed by atoms with Crippen LogP contribution in [0.25, 0.3) is 0 Å². The first-order chi connectivity index (χ1) is 10.7. The Hall–Kier alpha value is -1.53. The SMILES string of the molecule is CN=C(NCCOC)NCC(c1ccc(C)o1)N1CCCC1. The van der Waals surface area contributed by atoms with Crippen molar-refractivity contribution in [1.29, 1.82) is 0 Å². The fourth-order valence-electron chi connectivity index (χ4n) is 2.78. The molecule has 6 heteroatoms. The Bertz CT molecular complexity index is 466. The molecule has 0 radical (unpaired) electrons. The molecule has 1 aliphatic rings. The molecule has 0 saturated carbocycles. The molecule has 1 aromatic heterocycles. The number of aliphatic imine (C=N–C) groups is 1. The first kappa shape index (κ1) is 16.8. The molecule has 6 nitrogen and oxygen atoms in total. The van der Waals surface area contributed by atoms with Crippen LogP contribution in [0.3, 0.4) is 0 Å². The molecule has 1 aliphatic heterocycles. The lowest BCUT2D eigenvalue weighted by Gasteiger charge is -2.26. The van der Waals surface area contributed by atoms with Gasteiger partial charge in [0.1, 0.15) is 11.5 Å². The summed E-state index contributed by atoms with van der Waals surface area (Å²) in [5, 5.41) is 6.63. The molecule has 2 N–H and O–H groups in total. The maximum absolute atomic E-state index is 5.86. The molecule has 0 aliphatic carbocycles. The van der Waals surface area contributed by atoms with Gasteiger partial charge in [-0.3, -0.25) is 9.89 Å². The van der Waals surface area contributed by atoms with Crippen LogP contribution in [0.1, 0.15) is 30.4 Å². The van der Waals surface area contributed by atoms with Crippen molar-refractivity contribution in [2.45, 2.75) is 25.8 Å². The quantitative estimate of drug-likeness (QED) is 0.454. The van der Waals surface area contributed by atoms with Crippen molar-refractivity contribution in [2.75, 3.05) is 46.9 Å². The number of ether oxygens (including phenoxy) is 1. The summed E-state index contributed by atoms with van der Waals surface area (Å²) < 4.78 is 10.9. The second-order valence-electron chi connectivity index (χ2n) is 5.58. The number of methoxy groups -OCH3 is 1. The van der Waals surface area contributed by atoms with E-state index in [0.717, 1.165) is 43.7 Å². The molecule has 2 heterocycles. The minimum absolute atomic E-state index is 0.247. The van der Waals surface area contributed by atoms with E-state index in [9.17, 15) is 0 Å². The van der Waals surface area contributed by atoms with Crippen molar-refractivity contribution in [3.8, 4) is 0 Å². The van der Waals surface area contributed by atoms with Crippen molar-refractivity contribution >= 4 is 5.96 Å². The van der Waals surface area contributed by atoms with Crippen LogP contribution in [-0.4, -0.2) is 57.8 Å². The minimum Gasteiger partial charge on any atom is -0.465 e. The van der Waals surface area contributed by atoms with Crippen molar-refractivity contribution < 1.29 is 9.15 Å². The van der Waals surface area contributed by atoms with Gasteiger partial charge in [-0.1, -0.05) is 0 Å². The van der Waals surface area contributed by atoms with Crippen molar-refractivity contribution in [3.63, 3.8) is 0 Å². The first-order valence-corrected chi connectivity index (χ1v) is 7.98. The summed E-state index contributed by atoms with van der Waals surface area (Å²) in [4.78, 5) is 6.73. The van der Waals surface area contributed by atoms with Gasteiger partial charge in [-0.2, -0.15) is 0 Å². The van der Waals surface area contributed by atoms with Crippen LogP contribution in [-0.2, 0) is 4.74 Å². The van der Waals surface area contributed by atoms with E-state index < -0.39 is 0 Å². The van der Waals surface area contributed by atoms with Gasteiger partial charge in [0.15, 0.2) is 5.96 Å².